The van der Waals surface area contributed by atoms with Gasteiger partial charge in [0.25, 0.3) is 0 Å². The second kappa shape index (κ2) is 9.09. The van der Waals surface area contributed by atoms with E-state index >= 15 is 0 Å². The third-order valence-corrected chi connectivity index (χ3v) is 5.83. The first kappa shape index (κ1) is 20.7. The van der Waals surface area contributed by atoms with Gasteiger partial charge in [-0.05, 0) is 23.8 Å². The molecule has 1 unspecified atom stereocenters. The molecule has 2 heterocycles. The van der Waals surface area contributed by atoms with Crippen molar-refractivity contribution in [1.82, 2.24) is 15.3 Å². The van der Waals surface area contributed by atoms with Crippen LogP contribution in [0.25, 0.3) is 21.5 Å². The highest BCUT2D eigenvalue weighted by atomic mass is 32.1. The summed E-state index contributed by atoms with van der Waals surface area (Å²) >= 11 is 1.33. The lowest BCUT2D eigenvalue weighted by molar-refractivity contribution is -0.145. The lowest BCUT2D eigenvalue weighted by Gasteiger charge is -2.16. The fraction of sp³-hybridized carbons (Fsp3) is 0.174. The molecule has 1 amide bonds. The number of aromatic amines is 1. The van der Waals surface area contributed by atoms with E-state index in [4.69, 9.17) is 4.74 Å². The highest BCUT2D eigenvalue weighted by molar-refractivity contribution is 7.13. The average Bonchev–Trinajstić information content (AvgIpc) is 3.40. The predicted octanol–water partition coefficient (Wildman–Crippen LogP) is 3.87. The van der Waals surface area contributed by atoms with Crippen LogP contribution in [-0.4, -0.2) is 35.0 Å². The monoisotopic (exact) mass is 437 g/mol. The maximum Gasteiger partial charge on any atom is 0.328 e. The topological polar surface area (TPSA) is 84.1 Å². The van der Waals surface area contributed by atoms with E-state index in [9.17, 15) is 14.0 Å². The number of para-hydroxylation sites is 1. The summed E-state index contributed by atoms with van der Waals surface area (Å²) in [6.45, 7) is 0. The number of ether oxygens (including phenoxy) is 1. The molecule has 0 spiro atoms. The molecule has 0 radical (unpaired) electrons. The Morgan fingerprint density at radius 1 is 1.23 bits per heavy atom. The van der Waals surface area contributed by atoms with E-state index in [1.54, 1.807) is 17.5 Å². The minimum Gasteiger partial charge on any atom is -0.467 e. The van der Waals surface area contributed by atoms with Crippen LogP contribution in [0.1, 0.15) is 11.3 Å². The summed E-state index contributed by atoms with van der Waals surface area (Å²) < 4.78 is 18.3. The number of fused-ring (bicyclic) bond motifs is 1. The van der Waals surface area contributed by atoms with Gasteiger partial charge >= 0.3 is 5.97 Å². The Balaban J connectivity index is 1.45. The summed E-state index contributed by atoms with van der Waals surface area (Å²) in [5, 5.41) is 6.13. The van der Waals surface area contributed by atoms with Crippen LogP contribution in [0.15, 0.2) is 60.1 Å². The molecular formula is C23H20FN3O3S. The molecule has 0 saturated carbocycles. The molecule has 4 rings (SSSR count). The van der Waals surface area contributed by atoms with Crippen molar-refractivity contribution in [2.24, 2.45) is 0 Å². The molecule has 2 aromatic carbocycles. The number of hydrogen-bond acceptors (Lipinski definition) is 5. The third-order valence-electron chi connectivity index (χ3n) is 4.88. The lowest BCUT2D eigenvalue weighted by atomic mass is 10.0. The van der Waals surface area contributed by atoms with Gasteiger partial charge in [-0.25, -0.2) is 14.2 Å². The van der Waals surface area contributed by atoms with Crippen LogP contribution in [-0.2, 0) is 27.2 Å². The number of nitrogens with zero attached hydrogens (tertiary/aromatic N) is 1. The molecule has 4 aromatic rings. The molecular weight excluding hydrogens is 417 g/mol. The minimum absolute atomic E-state index is 0.00714. The Hall–Kier alpha value is -3.52. The van der Waals surface area contributed by atoms with Gasteiger partial charge in [-0.15, -0.1) is 11.3 Å². The van der Waals surface area contributed by atoms with Crippen LogP contribution >= 0.6 is 11.3 Å². The van der Waals surface area contributed by atoms with Crippen molar-refractivity contribution in [2.75, 3.05) is 7.11 Å². The number of nitrogens with one attached hydrogen (secondary N) is 2. The van der Waals surface area contributed by atoms with Crippen molar-refractivity contribution in [2.45, 2.75) is 18.9 Å². The number of methoxy groups -OCH3 is 1. The third kappa shape index (κ3) is 4.80. The van der Waals surface area contributed by atoms with Crippen molar-refractivity contribution >= 4 is 34.1 Å². The Kier molecular flexibility index (Phi) is 6.08. The highest BCUT2D eigenvalue weighted by Gasteiger charge is 2.23. The number of esters is 1. The zero-order chi connectivity index (χ0) is 21.8. The standard InChI is InChI=1S/C23H20FN3O3S/c1-30-23(29)20(10-15-12-25-19-8-3-2-7-18(15)19)27-21(28)11-17-13-31-22(26-17)14-5-4-6-16(24)9-14/h2-9,12-13,20,25H,10-11H2,1H3,(H,27,28). The smallest absolute Gasteiger partial charge is 0.328 e. The number of rotatable bonds is 7. The fourth-order valence-electron chi connectivity index (χ4n) is 3.41. The van der Waals surface area contributed by atoms with Gasteiger partial charge in [-0.3, -0.25) is 4.79 Å². The van der Waals surface area contributed by atoms with Crippen molar-refractivity contribution in [3.05, 3.63) is 77.2 Å². The first-order valence-electron chi connectivity index (χ1n) is 9.66. The number of carbonyl (C=O) groups excluding carboxylic acids is 2. The molecule has 6 nitrogen and oxygen atoms in total. The van der Waals surface area contributed by atoms with E-state index in [1.807, 2.05) is 30.5 Å². The number of carbonyl (C=O) groups is 2. The number of aromatic nitrogens is 2. The van der Waals surface area contributed by atoms with E-state index in [1.165, 1.54) is 30.6 Å². The van der Waals surface area contributed by atoms with Crippen molar-refractivity contribution in [3.8, 4) is 10.6 Å². The summed E-state index contributed by atoms with van der Waals surface area (Å²) in [6, 6.07) is 13.1. The SMILES string of the molecule is COC(=O)C(Cc1c[nH]c2ccccc12)NC(=O)Cc1csc(-c2cccc(F)c2)n1. The van der Waals surface area contributed by atoms with Crippen molar-refractivity contribution < 1.29 is 18.7 Å². The van der Waals surface area contributed by atoms with Gasteiger partial charge in [-0.2, -0.15) is 0 Å². The first-order valence-corrected chi connectivity index (χ1v) is 10.5. The van der Waals surface area contributed by atoms with Crippen molar-refractivity contribution in [1.29, 1.82) is 0 Å². The average molecular weight is 437 g/mol. The molecule has 0 fully saturated rings. The van der Waals surface area contributed by atoms with E-state index in [-0.39, 0.29) is 18.1 Å². The molecule has 0 aliphatic carbocycles. The number of halogens is 1. The van der Waals surface area contributed by atoms with Crippen LogP contribution in [0.4, 0.5) is 4.39 Å². The highest BCUT2D eigenvalue weighted by Crippen LogP contribution is 2.24. The van der Waals surface area contributed by atoms with Gasteiger partial charge in [0, 0.05) is 34.5 Å². The summed E-state index contributed by atoms with van der Waals surface area (Å²) in [5.74, 6) is -1.20. The van der Waals surface area contributed by atoms with E-state index in [0.29, 0.717) is 22.7 Å². The summed E-state index contributed by atoms with van der Waals surface area (Å²) in [6.07, 6.45) is 2.14. The minimum atomic E-state index is -0.821. The molecule has 0 aliphatic heterocycles. The van der Waals surface area contributed by atoms with Crippen LogP contribution in [0.2, 0.25) is 0 Å². The fourth-order valence-corrected chi connectivity index (χ4v) is 4.22. The molecule has 1 atom stereocenters. The van der Waals surface area contributed by atoms with Crippen LogP contribution < -0.4 is 5.32 Å². The largest absolute Gasteiger partial charge is 0.467 e. The quantitative estimate of drug-likeness (QED) is 0.430. The Bertz CT molecular complexity index is 1230. The second-order valence-corrected chi connectivity index (χ2v) is 7.90. The normalized spacial score (nSPS) is 11.9. The maximum absolute atomic E-state index is 13.4. The first-order chi connectivity index (χ1) is 15.0. The molecule has 0 aliphatic rings. The van der Waals surface area contributed by atoms with E-state index in [2.05, 4.69) is 15.3 Å². The molecule has 158 valence electrons. The summed E-state index contributed by atoms with van der Waals surface area (Å²) in [5.41, 5.74) is 3.08. The van der Waals surface area contributed by atoms with Crippen LogP contribution in [0.5, 0.6) is 0 Å². The number of H-pyrrole nitrogens is 1. The number of hydrogen-bond donors (Lipinski definition) is 2. The van der Waals surface area contributed by atoms with Gasteiger partial charge in [-0.1, -0.05) is 30.3 Å². The zero-order valence-corrected chi connectivity index (χ0v) is 17.5. The second-order valence-electron chi connectivity index (χ2n) is 7.04. The molecule has 8 heteroatoms. The Morgan fingerprint density at radius 3 is 2.87 bits per heavy atom. The van der Waals surface area contributed by atoms with Crippen LogP contribution in [0.3, 0.4) is 0 Å². The van der Waals surface area contributed by atoms with Gasteiger partial charge in [0.05, 0.1) is 19.2 Å². The van der Waals surface area contributed by atoms with E-state index in [0.717, 1.165) is 16.5 Å². The zero-order valence-electron chi connectivity index (χ0n) is 16.7. The molecule has 2 N–H and O–H groups in total. The molecule has 31 heavy (non-hydrogen) atoms. The predicted molar refractivity (Wildman–Crippen MR) is 117 cm³/mol. The summed E-state index contributed by atoms with van der Waals surface area (Å²) in [7, 11) is 1.29. The molecule has 0 bridgehead atoms. The molecule has 0 saturated heterocycles. The van der Waals surface area contributed by atoms with Gasteiger partial charge < -0.3 is 15.0 Å². The Morgan fingerprint density at radius 2 is 2.06 bits per heavy atom. The maximum atomic E-state index is 13.4. The van der Waals surface area contributed by atoms with Gasteiger partial charge in [0.15, 0.2) is 0 Å². The number of amides is 1. The lowest BCUT2D eigenvalue weighted by Crippen LogP contribution is -2.43. The summed E-state index contributed by atoms with van der Waals surface area (Å²) in [4.78, 5) is 32.5. The van der Waals surface area contributed by atoms with Crippen LogP contribution in [0, 0.1) is 5.82 Å². The molecule has 2 aromatic heterocycles. The van der Waals surface area contributed by atoms with Gasteiger partial charge in [0.1, 0.15) is 16.9 Å². The number of benzene rings is 2. The van der Waals surface area contributed by atoms with E-state index < -0.39 is 12.0 Å². The van der Waals surface area contributed by atoms with Gasteiger partial charge in [0.2, 0.25) is 5.91 Å². The number of thiazole rings is 1. The Labute approximate surface area is 182 Å². The van der Waals surface area contributed by atoms with Crippen molar-refractivity contribution in [3.63, 3.8) is 0 Å².